The second-order valence-corrected chi connectivity index (χ2v) is 6.90. The molecule has 0 fully saturated rings. The van der Waals surface area contributed by atoms with Gasteiger partial charge in [0, 0.05) is 70.3 Å². The van der Waals surface area contributed by atoms with Crippen molar-refractivity contribution < 1.29 is 92.9 Å². The molecule has 2 radical (unpaired) electrons. The number of carbonyl (C=O) groups is 2. The van der Waals surface area contributed by atoms with E-state index in [1.165, 1.54) is 19.1 Å². The number of esters is 2. The van der Waals surface area contributed by atoms with Crippen molar-refractivity contribution in [2.75, 3.05) is 13.2 Å². The van der Waals surface area contributed by atoms with Crippen LogP contribution in [0.4, 0.5) is 0 Å². The smallest absolute Gasteiger partial charge is 0.183 e. The van der Waals surface area contributed by atoms with Crippen LogP contribution in [0.1, 0.15) is 34.6 Å². The van der Waals surface area contributed by atoms with Crippen molar-refractivity contribution in [1.82, 2.24) is 0 Å². The van der Waals surface area contributed by atoms with E-state index in [1.54, 1.807) is 45.9 Å². The maximum absolute atomic E-state index is 11.9. The maximum Gasteiger partial charge on any atom is 0.183 e. The van der Waals surface area contributed by atoms with Gasteiger partial charge >= 0.3 is 0 Å². The van der Waals surface area contributed by atoms with Crippen molar-refractivity contribution in [3.63, 3.8) is 0 Å². The van der Waals surface area contributed by atoms with E-state index in [4.69, 9.17) is 0 Å². The molecule has 0 saturated carbocycles. The summed E-state index contributed by atoms with van der Waals surface area (Å²) in [6, 6.07) is 7.80. The molecule has 0 amide bonds. The summed E-state index contributed by atoms with van der Waals surface area (Å²) >= 11 is 0. The first-order valence-corrected chi connectivity index (χ1v) is 8.94. The topological polar surface area (TPSA) is 86.7 Å². The first-order valence-electron chi connectivity index (χ1n) is 7.46. The predicted octanol–water partition coefficient (Wildman–Crippen LogP) is 2.73. The van der Waals surface area contributed by atoms with Crippen molar-refractivity contribution in [3.05, 3.63) is 41.5 Å². The third kappa shape index (κ3) is 11.0. The van der Waals surface area contributed by atoms with E-state index in [1.807, 2.05) is 0 Å². The van der Waals surface area contributed by atoms with E-state index in [9.17, 15) is 18.0 Å². The molecule has 0 spiro atoms. The summed E-state index contributed by atoms with van der Waals surface area (Å²) in [6.07, 6.45) is 0. The van der Waals surface area contributed by atoms with Crippen LogP contribution in [0.3, 0.4) is 0 Å². The fourth-order valence-corrected chi connectivity index (χ4v) is 2.54. The van der Waals surface area contributed by atoms with Gasteiger partial charge in [0.2, 0.25) is 0 Å². The van der Waals surface area contributed by atoms with Gasteiger partial charge in [-0.15, -0.1) is 0 Å². The van der Waals surface area contributed by atoms with Crippen LogP contribution in [-0.2, 0) is 94.3 Å². The van der Waals surface area contributed by atoms with Gasteiger partial charge in [-0.05, 0) is 26.0 Å². The number of carbonyl (C=O) groups excluding carboxylic acids is 2. The second kappa shape index (κ2) is 16.1. The Kier molecular flexibility index (Phi) is 19.0. The van der Waals surface area contributed by atoms with Crippen LogP contribution in [-0.4, -0.2) is 33.6 Å². The van der Waals surface area contributed by atoms with Crippen LogP contribution in [0.5, 0.6) is 0 Å². The largest absolute Gasteiger partial charge is 0.488 e. The number of ether oxygens (including phenoxy) is 2. The Morgan fingerprint density at radius 2 is 1.31 bits per heavy atom. The molecule has 6 nitrogen and oxygen atoms in total. The molecule has 142 valence electrons. The Labute approximate surface area is 206 Å². The predicted molar refractivity (Wildman–Crippen MR) is 90.4 cm³/mol. The Morgan fingerprint density at radius 3 is 1.65 bits per heavy atom. The van der Waals surface area contributed by atoms with Gasteiger partial charge in [0.1, 0.15) is 0 Å². The van der Waals surface area contributed by atoms with Crippen molar-refractivity contribution >= 4 is 21.8 Å². The van der Waals surface area contributed by atoms with Gasteiger partial charge in [-0.1, -0.05) is 18.2 Å². The van der Waals surface area contributed by atoms with Gasteiger partial charge in [0.15, 0.2) is 11.9 Å². The van der Waals surface area contributed by atoms with Gasteiger partial charge in [-0.3, -0.25) is 23.9 Å². The molecule has 0 aliphatic carbocycles. The second-order valence-electron chi connectivity index (χ2n) is 4.81. The average Bonchev–Trinajstić information content (AvgIpc) is 2.56. The van der Waals surface area contributed by atoms with Gasteiger partial charge in [-0.25, -0.2) is 0 Å². The third-order valence-corrected chi connectivity index (χ3v) is 4.57. The van der Waals surface area contributed by atoms with Crippen LogP contribution in [0.2, 0.25) is 0 Å². The summed E-state index contributed by atoms with van der Waals surface area (Å²) in [5.41, 5.74) is 0. The van der Waals surface area contributed by atoms with Crippen molar-refractivity contribution in [1.29, 1.82) is 0 Å². The fraction of sp³-hybridized carbons (Fsp3) is 0.412. The summed E-state index contributed by atoms with van der Waals surface area (Å²) < 4.78 is 33.1. The minimum Gasteiger partial charge on any atom is -0.488 e. The van der Waals surface area contributed by atoms with E-state index < -0.39 is 15.8 Å². The zero-order valence-electron chi connectivity index (χ0n) is 15.8. The normalized spacial score (nSPS) is 9.27. The van der Waals surface area contributed by atoms with E-state index in [0.29, 0.717) is 12.5 Å². The van der Waals surface area contributed by atoms with E-state index in [0.717, 1.165) is 0 Å². The first kappa shape index (κ1) is 30.8. The van der Waals surface area contributed by atoms with Gasteiger partial charge in [0.25, 0.3) is 0 Å². The molecule has 0 aliphatic rings. The molecule has 1 aromatic rings. The summed E-state index contributed by atoms with van der Waals surface area (Å²) in [5, 5.41) is -0.291. The Balaban J connectivity index is -0.000000457. The summed E-state index contributed by atoms with van der Waals surface area (Å²) in [7, 11) is -3.72. The van der Waals surface area contributed by atoms with E-state index >= 15 is 0 Å². The summed E-state index contributed by atoms with van der Waals surface area (Å²) in [4.78, 5) is 21.9. The van der Waals surface area contributed by atoms with Gasteiger partial charge < -0.3 is 9.47 Å². The van der Waals surface area contributed by atoms with Crippen molar-refractivity contribution in [2.24, 2.45) is 0 Å². The monoisotopic (exact) mass is 534 g/mol. The molecule has 0 bridgehead atoms. The molecule has 0 saturated heterocycles. The van der Waals surface area contributed by atoms with Gasteiger partial charge in [-0.2, -0.15) is 26.0 Å². The fourth-order valence-electron chi connectivity index (χ4n) is 1.39. The summed E-state index contributed by atoms with van der Waals surface area (Å²) in [5.74, 6) is -0.300. The quantitative estimate of drug-likeness (QED) is 0.413. The Hall–Kier alpha value is 0.0578. The average molecular weight is 534 g/mol. The maximum atomic E-state index is 11.9. The molecule has 0 N–H and O–H groups in total. The van der Waals surface area contributed by atoms with Crippen molar-refractivity contribution in [3.8, 4) is 0 Å². The zero-order chi connectivity index (χ0) is 18.8. The van der Waals surface area contributed by atoms with Crippen LogP contribution >= 0.6 is 0 Å². The Bertz CT molecular complexity index is 617. The van der Waals surface area contributed by atoms with E-state index in [-0.39, 0.29) is 88.1 Å². The van der Waals surface area contributed by atoms with Crippen LogP contribution in [0.25, 0.3) is 0 Å². The van der Waals surface area contributed by atoms with Crippen molar-refractivity contribution in [2.45, 2.75) is 39.5 Å². The van der Waals surface area contributed by atoms with E-state index in [2.05, 4.69) is 9.47 Å². The minimum atomic E-state index is -3.72. The minimum absolute atomic E-state index is 0. The SMILES string of the molecule is CCOC(=O)[C-](C)C.CCOC(=O)[C-](C)S(=O)(=O)c1ccccc1.[Y].[Y]. The molecule has 1 aromatic carbocycles. The number of rotatable bonds is 6. The Morgan fingerprint density at radius 1 is 0.885 bits per heavy atom. The molecule has 1 rings (SSSR count). The van der Waals surface area contributed by atoms with Crippen LogP contribution < -0.4 is 0 Å². The number of hydrogen-bond donors (Lipinski definition) is 0. The number of sulfone groups is 1. The van der Waals surface area contributed by atoms with Crippen LogP contribution in [0, 0.1) is 11.2 Å². The molecular weight excluding hydrogens is 510 g/mol. The molecule has 9 heteroatoms. The molecular formula is C17H24O6SY2-2. The third-order valence-electron chi connectivity index (χ3n) is 2.70. The van der Waals surface area contributed by atoms with Gasteiger partial charge in [0.05, 0.1) is 23.1 Å². The van der Waals surface area contributed by atoms with Crippen LogP contribution in [0.15, 0.2) is 35.2 Å². The number of hydrogen-bond acceptors (Lipinski definition) is 6. The molecule has 0 atom stereocenters. The zero-order valence-corrected chi connectivity index (χ0v) is 22.3. The molecule has 0 unspecified atom stereocenters. The molecule has 26 heavy (non-hydrogen) atoms. The summed E-state index contributed by atoms with van der Waals surface area (Å²) in [6.45, 7) is 8.75. The molecule has 0 aliphatic heterocycles. The standard InChI is InChI=1S/C11H13O4S.C6H11O2.2Y/c1-3-15-11(12)9(2)16(13,14)10-7-5-4-6-8-10;1-4-8-6(7)5(2)3;;/h4-8H,3H2,1-2H3;4H2,1-3H3;;/q2*-1;;. The molecule has 0 heterocycles. The molecule has 0 aromatic heterocycles. The first-order chi connectivity index (χ1) is 11.2. The number of benzene rings is 1.